The Bertz CT molecular complexity index is 570. The summed E-state index contributed by atoms with van der Waals surface area (Å²) in [4.78, 5) is 4.28. The third-order valence-electron chi connectivity index (χ3n) is 2.83. The van der Waals surface area contributed by atoms with E-state index in [2.05, 4.69) is 4.98 Å². The number of aromatic nitrogens is 2. The van der Waals surface area contributed by atoms with Gasteiger partial charge in [-0.05, 0) is 32.0 Å². The molecule has 1 unspecified atom stereocenters. The van der Waals surface area contributed by atoms with Crippen molar-refractivity contribution in [1.82, 2.24) is 9.55 Å². The van der Waals surface area contributed by atoms with Crippen LogP contribution in [0, 0.1) is 0 Å². The van der Waals surface area contributed by atoms with Gasteiger partial charge in [0.05, 0.1) is 22.6 Å². The van der Waals surface area contributed by atoms with Gasteiger partial charge in [-0.1, -0.05) is 0 Å². The van der Waals surface area contributed by atoms with Crippen LogP contribution in [0.25, 0.3) is 11.0 Å². The Morgan fingerprint density at radius 1 is 1.39 bits per heavy atom. The molecule has 1 heterocycles. The number of hydrogen-bond donors (Lipinski definition) is 1. The number of nitrogens with zero attached hydrogens (tertiary/aromatic N) is 2. The lowest BCUT2D eigenvalue weighted by molar-refractivity contribution is -0.137. The highest BCUT2D eigenvalue weighted by molar-refractivity contribution is 5.77. The van der Waals surface area contributed by atoms with Crippen molar-refractivity contribution < 1.29 is 13.2 Å². The van der Waals surface area contributed by atoms with Crippen LogP contribution >= 0.6 is 0 Å². The van der Waals surface area contributed by atoms with Crippen LogP contribution in [-0.2, 0) is 12.7 Å². The van der Waals surface area contributed by atoms with Crippen LogP contribution in [0.15, 0.2) is 18.2 Å². The van der Waals surface area contributed by atoms with Crippen molar-refractivity contribution in [1.29, 1.82) is 0 Å². The third kappa shape index (κ3) is 2.08. The molecule has 0 spiro atoms. The van der Waals surface area contributed by atoms with E-state index in [0.717, 1.165) is 12.1 Å². The molecule has 1 atom stereocenters. The predicted molar refractivity (Wildman–Crippen MR) is 63.0 cm³/mol. The highest BCUT2D eigenvalue weighted by Gasteiger charge is 2.31. The van der Waals surface area contributed by atoms with Crippen molar-refractivity contribution in [3.63, 3.8) is 0 Å². The first kappa shape index (κ1) is 12.9. The number of benzene rings is 1. The molecule has 0 aliphatic carbocycles. The number of rotatable bonds is 2. The van der Waals surface area contributed by atoms with Gasteiger partial charge in [-0.2, -0.15) is 13.2 Å². The molecule has 6 heteroatoms. The van der Waals surface area contributed by atoms with Gasteiger partial charge in [0, 0.05) is 6.54 Å². The summed E-state index contributed by atoms with van der Waals surface area (Å²) in [5.41, 5.74) is 6.12. The SMILES string of the molecule is CCn1c(C(C)N)nc2ccc(C(F)(F)F)cc21. The number of fused-ring (bicyclic) bond motifs is 1. The van der Waals surface area contributed by atoms with E-state index in [-0.39, 0.29) is 6.04 Å². The molecule has 2 aromatic rings. The van der Waals surface area contributed by atoms with Gasteiger partial charge in [-0.15, -0.1) is 0 Å². The number of imidazole rings is 1. The van der Waals surface area contributed by atoms with Crippen molar-refractivity contribution in [3.05, 3.63) is 29.6 Å². The van der Waals surface area contributed by atoms with Gasteiger partial charge in [-0.3, -0.25) is 0 Å². The average Bonchev–Trinajstić information content (AvgIpc) is 2.65. The molecule has 2 rings (SSSR count). The summed E-state index contributed by atoms with van der Waals surface area (Å²) in [7, 11) is 0. The molecule has 0 saturated carbocycles. The molecule has 0 bridgehead atoms. The standard InChI is InChI=1S/C12H14F3N3/c1-3-18-10-6-8(12(13,14)15)4-5-9(10)17-11(18)7(2)16/h4-7H,3,16H2,1-2H3. The first-order chi connectivity index (χ1) is 8.34. The lowest BCUT2D eigenvalue weighted by Gasteiger charge is -2.10. The molecular formula is C12H14F3N3. The molecule has 2 N–H and O–H groups in total. The van der Waals surface area contributed by atoms with E-state index in [1.807, 2.05) is 6.92 Å². The Hall–Kier alpha value is -1.56. The number of halogens is 3. The van der Waals surface area contributed by atoms with Crippen LogP contribution in [0.1, 0.15) is 31.3 Å². The number of aryl methyl sites for hydroxylation is 1. The van der Waals surface area contributed by atoms with Crippen LogP contribution in [0.5, 0.6) is 0 Å². The minimum absolute atomic E-state index is 0.313. The minimum Gasteiger partial charge on any atom is -0.327 e. The quantitative estimate of drug-likeness (QED) is 0.898. The summed E-state index contributed by atoms with van der Waals surface area (Å²) in [6.07, 6.45) is -4.34. The Balaban J connectivity index is 2.68. The van der Waals surface area contributed by atoms with E-state index in [1.165, 1.54) is 6.07 Å². The second-order valence-electron chi connectivity index (χ2n) is 4.20. The Morgan fingerprint density at radius 2 is 2.06 bits per heavy atom. The first-order valence-corrected chi connectivity index (χ1v) is 5.67. The zero-order valence-electron chi connectivity index (χ0n) is 10.1. The normalized spacial score (nSPS) is 14.1. The Labute approximate surface area is 102 Å². The smallest absolute Gasteiger partial charge is 0.327 e. The van der Waals surface area contributed by atoms with Crippen LogP contribution in [0.3, 0.4) is 0 Å². The summed E-state index contributed by atoms with van der Waals surface area (Å²) in [5.74, 6) is 0.604. The van der Waals surface area contributed by atoms with E-state index in [4.69, 9.17) is 5.73 Å². The maximum Gasteiger partial charge on any atom is 0.416 e. The molecule has 1 aromatic heterocycles. The maximum atomic E-state index is 12.7. The summed E-state index contributed by atoms with van der Waals surface area (Å²) in [5, 5.41) is 0. The molecule has 0 fully saturated rings. The van der Waals surface area contributed by atoms with Crippen molar-refractivity contribution in [2.24, 2.45) is 5.73 Å². The van der Waals surface area contributed by atoms with Gasteiger partial charge in [0.25, 0.3) is 0 Å². The maximum absolute atomic E-state index is 12.7. The van der Waals surface area contributed by atoms with Crippen LogP contribution in [-0.4, -0.2) is 9.55 Å². The fraction of sp³-hybridized carbons (Fsp3) is 0.417. The molecule has 0 saturated heterocycles. The summed E-state index contributed by atoms with van der Waals surface area (Å²) >= 11 is 0. The lowest BCUT2D eigenvalue weighted by Crippen LogP contribution is -2.13. The molecule has 0 amide bonds. The second-order valence-corrected chi connectivity index (χ2v) is 4.20. The van der Waals surface area contributed by atoms with Gasteiger partial charge in [0.1, 0.15) is 5.82 Å². The van der Waals surface area contributed by atoms with Gasteiger partial charge in [-0.25, -0.2) is 4.98 Å². The first-order valence-electron chi connectivity index (χ1n) is 5.67. The highest BCUT2D eigenvalue weighted by Crippen LogP contribution is 2.32. The Kier molecular flexibility index (Phi) is 3.06. The molecule has 1 aromatic carbocycles. The number of hydrogen-bond acceptors (Lipinski definition) is 2. The molecule has 0 aliphatic rings. The summed E-state index contributed by atoms with van der Waals surface area (Å²) < 4.78 is 39.7. The molecule has 0 radical (unpaired) electrons. The van der Waals surface area contributed by atoms with E-state index in [0.29, 0.717) is 23.4 Å². The third-order valence-corrected chi connectivity index (χ3v) is 2.83. The van der Waals surface area contributed by atoms with Crippen molar-refractivity contribution in [3.8, 4) is 0 Å². The topological polar surface area (TPSA) is 43.8 Å². The minimum atomic E-state index is -4.34. The molecule has 3 nitrogen and oxygen atoms in total. The van der Waals surface area contributed by atoms with Crippen LogP contribution in [0.4, 0.5) is 13.2 Å². The van der Waals surface area contributed by atoms with Gasteiger partial charge in [0.15, 0.2) is 0 Å². The second kappa shape index (κ2) is 4.28. The number of nitrogens with two attached hydrogens (primary N) is 1. The highest BCUT2D eigenvalue weighted by atomic mass is 19.4. The Morgan fingerprint density at radius 3 is 2.56 bits per heavy atom. The molecule has 18 heavy (non-hydrogen) atoms. The van der Waals surface area contributed by atoms with Gasteiger partial charge in [0.2, 0.25) is 0 Å². The predicted octanol–water partition coefficient (Wildman–Crippen LogP) is 3.09. The van der Waals surface area contributed by atoms with E-state index < -0.39 is 11.7 Å². The zero-order chi connectivity index (χ0) is 13.5. The molecule has 0 aliphatic heterocycles. The number of alkyl halides is 3. The van der Waals surface area contributed by atoms with E-state index in [1.54, 1.807) is 11.5 Å². The zero-order valence-corrected chi connectivity index (χ0v) is 10.1. The van der Waals surface area contributed by atoms with Crippen molar-refractivity contribution in [2.75, 3.05) is 0 Å². The van der Waals surface area contributed by atoms with E-state index >= 15 is 0 Å². The van der Waals surface area contributed by atoms with Gasteiger partial charge < -0.3 is 10.3 Å². The molecule has 98 valence electrons. The fourth-order valence-electron chi connectivity index (χ4n) is 2.00. The van der Waals surface area contributed by atoms with Crippen LogP contribution < -0.4 is 5.73 Å². The van der Waals surface area contributed by atoms with Crippen LogP contribution in [0.2, 0.25) is 0 Å². The van der Waals surface area contributed by atoms with Crippen molar-refractivity contribution >= 4 is 11.0 Å². The van der Waals surface area contributed by atoms with Crippen molar-refractivity contribution in [2.45, 2.75) is 32.6 Å². The average molecular weight is 257 g/mol. The fourth-order valence-corrected chi connectivity index (χ4v) is 2.00. The monoisotopic (exact) mass is 257 g/mol. The summed E-state index contributed by atoms with van der Waals surface area (Å²) in [6.45, 7) is 4.15. The summed E-state index contributed by atoms with van der Waals surface area (Å²) in [6, 6.07) is 3.24. The van der Waals surface area contributed by atoms with Gasteiger partial charge >= 0.3 is 6.18 Å². The lowest BCUT2D eigenvalue weighted by atomic mass is 10.2. The van der Waals surface area contributed by atoms with E-state index in [9.17, 15) is 13.2 Å². The molecular weight excluding hydrogens is 243 g/mol. The largest absolute Gasteiger partial charge is 0.416 e.